The molecule has 0 N–H and O–H groups in total. The molecule has 1 fully saturated rings. The van der Waals surface area contributed by atoms with Gasteiger partial charge in [0.2, 0.25) is 0 Å². The Hall–Kier alpha value is -0.940. The van der Waals surface area contributed by atoms with Gasteiger partial charge in [-0.25, -0.2) is 4.79 Å². The highest BCUT2D eigenvalue weighted by Crippen LogP contribution is 2.26. The number of aromatic nitrogens is 1. The molecule has 2 unspecified atom stereocenters. The van der Waals surface area contributed by atoms with Gasteiger partial charge in [-0.3, -0.25) is 4.98 Å². The number of carbonyl (C=O) groups is 1. The van der Waals surface area contributed by atoms with Crippen molar-refractivity contribution in [1.29, 1.82) is 0 Å². The maximum Gasteiger partial charge on any atom is 0.339 e. The smallest absolute Gasteiger partial charge is 0.339 e. The second kappa shape index (κ2) is 5.60. The molecule has 1 heterocycles. The average molecular weight is 300 g/mol. The van der Waals surface area contributed by atoms with E-state index in [0.717, 1.165) is 19.3 Å². The Morgan fingerprint density at radius 1 is 1.47 bits per heavy atom. The molecule has 0 radical (unpaired) electrons. The van der Waals surface area contributed by atoms with Crippen LogP contribution in [-0.4, -0.2) is 30.3 Å². The second-order valence-electron chi connectivity index (χ2n) is 4.00. The molecule has 4 nitrogen and oxygen atoms in total. The standard InChI is InChI=1S/C12H14BrNO3/c1-16-10-3-2-4-11(10)17-12(15)8-5-6-14-7-9(8)13/h5-7,10-11H,2-4H2,1H3. The molecule has 0 saturated heterocycles. The average Bonchev–Trinajstić information content (AvgIpc) is 2.76. The van der Waals surface area contributed by atoms with Crippen LogP contribution in [0.5, 0.6) is 0 Å². The first-order valence-corrected chi connectivity index (χ1v) is 6.35. The van der Waals surface area contributed by atoms with Gasteiger partial charge < -0.3 is 9.47 Å². The molecule has 0 amide bonds. The van der Waals surface area contributed by atoms with E-state index in [-0.39, 0.29) is 18.2 Å². The maximum absolute atomic E-state index is 11.9. The van der Waals surface area contributed by atoms with Gasteiger partial charge in [-0.15, -0.1) is 0 Å². The molecule has 1 aliphatic rings. The normalized spacial score (nSPS) is 23.6. The first kappa shape index (κ1) is 12.5. The number of nitrogens with zero attached hydrogens (tertiary/aromatic N) is 1. The van der Waals surface area contributed by atoms with Gasteiger partial charge in [0, 0.05) is 19.5 Å². The number of hydrogen-bond donors (Lipinski definition) is 0. The molecule has 2 rings (SSSR count). The van der Waals surface area contributed by atoms with E-state index in [1.54, 1.807) is 25.6 Å². The van der Waals surface area contributed by atoms with E-state index in [4.69, 9.17) is 9.47 Å². The van der Waals surface area contributed by atoms with Gasteiger partial charge in [0.15, 0.2) is 0 Å². The summed E-state index contributed by atoms with van der Waals surface area (Å²) in [6.07, 6.45) is 5.91. The molecule has 0 spiro atoms. The highest BCUT2D eigenvalue weighted by molar-refractivity contribution is 9.10. The Morgan fingerprint density at radius 3 is 2.94 bits per heavy atom. The number of halogens is 1. The molecular formula is C12H14BrNO3. The van der Waals surface area contributed by atoms with E-state index in [0.29, 0.717) is 10.0 Å². The molecule has 2 atom stereocenters. The summed E-state index contributed by atoms with van der Waals surface area (Å²) in [5.41, 5.74) is 0.502. The van der Waals surface area contributed by atoms with Gasteiger partial charge in [-0.05, 0) is 41.3 Å². The molecule has 1 aromatic rings. The summed E-state index contributed by atoms with van der Waals surface area (Å²) in [6.45, 7) is 0. The molecule has 1 saturated carbocycles. The van der Waals surface area contributed by atoms with Crippen LogP contribution in [0.4, 0.5) is 0 Å². The molecule has 5 heteroatoms. The fourth-order valence-electron chi connectivity index (χ4n) is 2.04. The number of esters is 1. The van der Waals surface area contributed by atoms with Crippen LogP contribution in [0.1, 0.15) is 29.6 Å². The van der Waals surface area contributed by atoms with Crippen molar-refractivity contribution in [3.63, 3.8) is 0 Å². The monoisotopic (exact) mass is 299 g/mol. The fourth-order valence-corrected chi connectivity index (χ4v) is 2.45. The Kier molecular flexibility index (Phi) is 4.12. The summed E-state index contributed by atoms with van der Waals surface area (Å²) >= 11 is 3.28. The van der Waals surface area contributed by atoms with E-state index < -0.39 is 0 Å². The molecule has 0 bridgehead atoms. The van der Waals surface area contributed by atoms with Crippen LogP contribution in [0.15, 0.2) is 22.9 Å². The van der Waals surface area contributed by atoms with Crippen LogP contribution >= 0.6 is 15.9 Å². The third kappa shape index (κ3) is 2.84. The van der Waals surface area contributed by atoms with E-state index in [1.165, 1.54) is 0 Å². The summed E-state index contributed by atoms with van der Waals surface area (Å²) in [5, 5.41) is 0. The van der Waals surface area contributed by atoms with Gasteiger partial charge in [0.25, 0.3) is 0 Å². The third-order valence-corrected chi connectivity index (χ3v) is 3.58. The Bertz CT molecular complexity index is 410. The van der Waals surface area contributed by atoms with Gasteiger partial charge >= 0.3 is 5.97 Å². The van der Waals surface area contributed by atoms with Gasteiger partial charge in [0.05, 0.1) is 16.1 Å². The number of rotatable bonds is 3. The summed E-state index contributed by atoms with van der Waals surface area (Å²) in [6, 6.07) is 1.64. The van der Waals surface area contributed by atoms with Crippen molar-refractivity contribution in [2.75, 3.05) is 7.11 Å². The van der Waals surface area contributed by atoms with Crippen molar-refractivity contribution < 1.29 is 14.3 Å². The van der Waals surface area contributed by atoms with Crippen LogP contribution < -0.4 is 0 Å². The van der Waals surface area contributed by atoms with E-state index in [1.807, 2.05) is 0 Å². The quantitative estimate of drug-likeness (QED) is 0.805. The number of pyridine rings is 1. The van der Waals surface area contributed by atoms with Gasteiger partial charge in [0.1, 0.15) is 6.10 Å². The molecular weight excluding hydrogens is 286 g/mol. The zero-order valence-electron chi connectivity index (χ0n) is 9.56. The van der Waals surface area contributed by atoms with Gasteiger partial charge in [-0.1, -0.05) is 0 Å². The Labute approximate surface area is 108 Å². The Balaban J connectivity index is 2.04. The summed E-state index contributed by atoms with van der Waals surface area (Å²) in [4.78, 5) is 15.9. The zero-order valence-corrected chi connectivity index (χ0v) is 11.1. The van der Waals surface area contributed by atoms with Crippen LogP contribution in [0.2, 0.25) is 0 Å². The van der Waals surface area contributed by atoms with Gasteiger partial charge in [-0.2, -0.15) is 0 Å². The SMILES string of the molecule is COC1CCCC1OC(=O)c1ccncc1Br. The van der Waals surface area contributed by atoms with Crippen LogP contribution in [0, 0.1) is 0 Å². The minimum atomic E-state index is -0.326. The van der Waals surface area contributed by atoms with Crippen LogP contribution in [0.3, 0.4) is 0 Å². The van der Waals surface area contributed by atoms with Crippen molar-refractivity contribution in [1.82, 2.24) is 4.98 Å². The van der Waals surface area contributed by atoms with E-state index in [9.17, 15) is 4.79 Å². The summed E-state index contributed by atoms with van der Waals surface area (Å²) in [7, 11) is 1.65. The predicted molar refractivity (Wildman–Crippen MR) is 65.8 cm³/mol. The lowest BCUT2D eigenvalue weighted by molar-refractivity contribution is -0.0207. The molecule has 1 aliphatic carbocycles. The van der Waals surface area contributed by atoms with Crippen molar-refractivity contribution in [2.24, 2.45) is 0 Å². The number of hydrogen-bond acceptors (Lipinski definition) is 4. The summed E-state index contributed by atoms with van der Waals surface area (Å²) < 4.78 is 11.4. The minimum Gasteiger partial charge on any atom is -0.456 e. The minimum absolute atomic E-state index is 0.0274. The van der Waals surface area contributed by atoms with Crippen molar-refractivity contribution in [3.05, 3.63) is 28.5 Å². The second-order valence-corrected chi connectivity index (χ2v) is 4.86. The van der Waals surface area contributed by atoms with Crippen molar-refractivity contribution in [3.8, 4) is 0 Å². The topological polar surface area (TPSA) is 48.4 Å². The lowest BCUT2D eigenvalue weighted by Crippen LogP contribution is -2.27. The molecule has 1 aromatic heterocycles. The van der Waals surface area contributed by atoms with Crippen molar-refractivity contribution >= 4 is 21.9 Å². The Morgan fingerprint density at radius 2 is 2.24 bits per heavy atom. The summed E-state index contributed by atoms with van der Waals surface area (Å²) in [5.74, 6) is -0.326. The lowest BCUT2D eigenvalue weighted by Gasteiger charge is -2.18. The molecule has 17 heavy (non-hydrogen) atoms. The number of carbonyl (C=O) groups excluding carboxylic acids is 1. The molecule has 0 aliphatic heterocycles. The largest absolute Gasteiger partial charge is 0.456 e. The highest BCUT2D eigenvalue weighted by Gasteiger charge is 2.31. The van der Waals surface area contributed by atoms with Crippen LogP contribution in [0.25, 0.3) is 0 Å². The fraction of sp³-hybridized carbons (Fsp3) is 0.500. The molecule has 0 aromatic carbocycles. The maximum atomic E-state index is 11.9. The van der Waals surface area contributed by atoms with Crippen molar-refractivity contribution in [2.45, 2.75) is 31.5 Å². The predicted octanol–water partition coefficient (Wildman–Crippen LogP) is 2.57. The van der Waals surface area contributed by atoms with Crippen LogP contribution in [-0.2, 0) is 9.47 Å². The first-order chi connectivity index (χ1) is 8.22. The highest BCUT2D eigenvalue weighted by atomic mass is 79.9. The number of methoxy groups -OCH3 is 1. The molecule has 92 valence electrons. The lowest BCUT2D eigenvalue weighted by atomic mass is 10.2. The van der Waals surface area contributed by atoms with E-state index >= 15 is 0 Å². The first-order valence-electron chi connectivity index (χ1n) is 5.55. The third-order valence-electron chi connectivity index (χ3n) is 2.95. The van der Waals surface area contributed by atoms with E-state index in [2.05, 4.69) is 20.9 Å². The number of ether oxygens (including phenoxy) is 2. The zero-order chi connectivity index (χ0) is 12.3.